The minimum atomic E-state index is -0.0146. The van der Waals surface area contributed by atoms with E-state index in [2.05, 4.69) is 91.0 Å². The van der Waals surface area contributed by atoms with Gasteiger partial charge in [0.25, 0.3) is 0 Å². The zero-order valence-electron chi connectivity index (χ0n) is 13.6. The first kappa shape index (κ1) is 30.6. The molecule has 6 nitrogen and oxygen atoms in total. The van der Waals surface area contributed by atoms with E-state index in [1.807, 2.05) is 0 Å². The maximum Gasteiger partial charge on any atom is 0.166 e. The Hall–Kier alpha value is -2.23. The summed E-state index contributed by atoms with van der Waals surface area (Å²) in [5.41, 5.74) is 0. The highest BCUT2D eigenvalue weighted by Crippen LogP contribution is 2.30. The zero-order valence-corrected chi connectivity index (χ0v) is 14.4. The minimum absolute atomic E-state index is 0. The molecule has 0 aliphatic carbocycles. The molecule has 0 saturated carbocycles. The van der Waals surface area contributed by atoms with Gasteiger partial charge >= 0.3 is 0 Å². The highest BCUT2D eigenvalue weighted by Gasteiger charge is 2.27. The first-order valence-corrected chi connectivity index (χ1v) is 7.57. The van der Waals surface area contributed by atoms with Crippen molar-refractivity contribution in [3.8, 4) is 0 Å². The van der Waals surface area contributed by atoms with E-state index in [0.717, 1.165) is 0 Å². The van der Waals surface area contributed by atoms with Crippen molar-refractivity contribution < 1.29 is 32.9 Å². The molecule has 25 heavy (non-hydrogen) atoms. The van der Waals surface area contributed by atoms with Crippen molar-refractivity contribution in [1.82, 2.24) is 0 Å². The smallest absolute Gasteiger partial charge is 0.166 e. The Labute approximate surface area is 150 Å². The van der Waals surface area contributed by atoms with Gasteiger partial charge in [0, 0.05) is 0 Å². The number of hydrogen-bond acceptors (Lipinski definition) is 0. The van der Waals surface area contributed by atoms with E-state index in [9.17, 15) is 0 Å². The average molecular weight is 371 g/mol. The second kappa shape index (κ2) is 15.3. The summed E-state index contributed by atoms with van der Waals surface area (Å²) in [6.45, 7) is 0. The van der Waals surface area contributed by atoms with Crippen LogP contribution in [0.5, 0.6) is 0 Å². The summed E-state index contributed by atoms with van der Waals surface area (Å²) >= 11 is 0. The normalized spacial score (nSPS) is 8.04. The monoisotopic (exact) mass is 371 g/mol. The van der Waals surface area contributed by atoms with Gasteiger partial charge in [-0.1, -0.05) is 54.6 Å². The molecule has 0 aliphatic rings. The molecule has 0 fully saturated rings. The number of hydrogen-bond donors (Lipinski definition) is 0. The molecule has 0 amide bonds. The van der Waals surface area contributed by atoms with Crippen LogP contribution in [-0.4, -0.2) is 32.9 Å². The minimum Gasteiger partial charge on any atom is -0.412 e. The van der Waals surface area contributed by atoms with Crippen LogP contribution >= 0.6 is 0 Å². The molecule has 0 saturated heterocycles. The van der Waals surface area contributed by atoms with Gasteiger partial charge in [-0.3, -0.25) is 0 Å². The SMILES string of the molecule is O.O.O.O.O.O.c1ccc([S+](c2ccccc2)c2ccccc2)cc1. The van der Waals surface area contributed by atoms with Gasteiger partial charge < -0.3 is 32.9 Å². The molecular weight excluding hydrogens is 344 g/mol. The maximum atomic E-state index is 2.21. The van der Waals surface area contributed by atoms with E-state index in [1.165, 1.54) is 14.7 Å². The van der Waals surface area contributed by atoms with Crippen LogP contribution in [0.15, 0.2) is 106 Å². The van der Waals surface area contributed by atoms with Gasteiger partial charge in [-0.05, 0) is 36.4 Å². The lowest BCUT2D eigenvalue weighted by atomic mass is 10.4. The lowest BCUT2D eigenvalue weighted by Gasteiger charge is -2.07. The summed E-state index contributed by atoms with van der Waals surface area (Å²) in [6, 6.07) is 32.2. The molecule has 140 valence electrons. The van der Waals surface area contributed by atoms with E-state index < -0.39 is 0 Å². The highest BCUT2D eigenvalue weighted by molar-refractivity contribution is 7.97. The quantitative estimate of drug-likeness (QED) is 0.553. The van der Waals surface area contributed by atoms with Gasteiger partial charge in [0.1, 0.15) is 0 Å². The summed E-state index contributed by atoms with van der Waals surface area (Å²) in [5, 5.41) is 0. The third kappa shape index (κ3) is 7.46. The van der Waals surface area contributed by atoms with Crippen molar-refractivity contribution in [2.75, 3.05) is 0 Å². The van der Waals surface area contributed by atoms with Crippen molar-refractivity contribution in [1.29, 1.82) is 0 Å². The number of benzene rings is 3. The molecule has 3 aromatic carbocycles. The van der Waals surface area contributed by atoms with Gasteiger partial charge in [-0.25, -0.2) is 0 Å². The Bertz CT molecular complexity index is 544. The predicted molar refractivity (Wildman–Crippen MR) is 103 cm³/mol. The van der Waals surface area contributed by atoms with Crippen LogP contribution in [0, 0.1) is 0 Å². The van der Waals surface area contributed by atoms with Crippen LogP contribution in [0.4, 0.5) is 0 Å². The van der Waals surface area contributed by atoms with Gasteiger partial charge in [0.2, 0.25) is 0 Å². The van der Waals surface area contributed by atoms with Gasteiger partial charge in [-0.2, -0.15) is 0 Å². The highest BCUT2D eigenvalue weighted by atomic mass is 32.2. The summed E-state index contributed by atoms with van der Waals surface area (Å²) in [7, 11) is -0.0146. The Balaban J connectivity index is -0.000000367. The molecule has 0 heterocycles. The topological polar surface area (TPSA) is 189 Å². The van der Waals surface area contributed by atoms with Gasteiger partial charge in [0.15, 0.2) is 14.7 Å². The van der Waals surface area contributed by atoms with Crippen LogP contribution in [0.25, 0.3) is 0 Å². The Kier molecular flexibility index (Phi) is 18.8. The van der Waals surface area contributed by atoms with Crippen LogP contribution in [0.1, 0.15) is 0 Å². The zero-order chi connectivity index (χ0) is 12.9. The summed E-state index contributed by atoms with van der Waals surface area (Å²) in [5.74, 6) is 0. The first-order valence-electron chi connectivity index (χ1n) is 6.34. The molecule has 7 heteroatoms. The predicted octanol–water partition coefficient (Wildman–Crippen LogP) is -0.166. The third-order valence-corrected chi connectivity index (χ3v) is 5.17. The molecule has 0 unspecified atom stereocenters. The van der Waals surface area contributed by atoms with Crippen LogP contribution in [-0.2, 0) is 10.9 Å². The van der Waals surface area contributed by atoms with Crippen LogP contribution < -0.4 is 0 Å². The molecule has 0 atom stereocenters. The molecule has 3 aromatic rings. The molecular formula is C18H27O6S+. The average Bonchev–Trinajstić information content (AvgIpc) is 2.51. The van der Waals surface area contributed by atoms with Crippen molar-refractivity contribution in [3.63, 3.8) is 0 Å². The molecule has 0 bridgehead atoms. The Morgan fingerprint density at radius 2 is 0.520 bits per heavy atom. The molecule has 0 radical (unpaired) electrons. The fraction of sp³-hybridized carbons (Fsp3) is 0. The second-order valence-corrected chi connectivity index (χ2v) is 6.27. The van der Waals surface area contributed by atoms with E-state index >= 15 is 0 Å². The Morgan fingerprint density at radius 3 is 0.720 bits per heavy atom. The maximum absolute atomic E-state index is 2.21. The second-order valence-electron chi connectivity index (χ2n) is 4.25. The molecule has 3 rings (SSSR count). The molecule has 12 N–H and O–H groups in total. The van der Waals surface area contributed by atoms with Gasteiger partial charge in [-0.15, -0.1) is 0 Å². The fourth-order valence-corrected chi connectivity index (χ4v) is 4.18. The van der Waals surface area contributed by atoms with Crippen LogP contribution in [0.3, 0.4) is 0 Å². The molecule has 0 spiro atoms. The Morgan fingerprint density at radius 1 is 0.320 bits per heavy atom. The van der Waals surface area contributed by atoms with Crippen molar-refractivity contribution in [3.05, 3.63) is 91.0 Å². The van der Waals surface area contributed by atoms with Gasteiger partial charge in [0.05, 0.1) is 10.9 Å². The van der Waals surface area contributed by atoms with Crippen molar-refractivity contribution >= 4 is 10.9 Å². The van der Waals surface area contributed by atoms with E-state index in [1.54, 1.807) is 0 Å². The largest absolute Gasteiger partial charge is 0.412 e. The summed E-state index contributed by atoms with van der Waals surface area (Å²) in [4.78, 5) is 4.08. The lowest BCUT2D eigenvalue weighted by Crippen LogP contribution is -2.04. The summed E-state index contributed by atoms with van der Waals surface area (Å²) < 4.78 is 0. The lowest BCUT2D eigenvalue weighted by molar-refractivity contribution is 0.823. The third-order valence-electron chi connectivity index (χ3n) is 2.94. The first-order chi connectivity index (χ1) is 9.45. The van der Waals surface area contributed by atoms with E-state index in [4.69, 9.17) is 0 Å². The molecule has 0 aromatic heterocycles. The van der Waals surface area contributed by atoms with Crippen molar-refractivity contribution in [2.24, 2.45) is 0 Å². The fourth-order valence-electron chi connectivity index (χ4n) is 2.08. The van der Waals surface area contributed by atoms with E-state index in [0.29, 0.717) is 0 Å². The van der Waals surface area contributed by atoms with Crippen molar-refractivity contribution in [2.45, 2.75) is 14.7 Å². The molecule has 0 aliphatic heterocycles. The van der Waals surface area contributed by atoms with Crippen LogP contribution in [0.2, 0.25) is 0 Å². The standard InChI is InChI=1S/C18H15S.6H2O/c1-4-10-16(11-5-1)19(17-12-6-2-7-13-17)18-14-8-3-9-15-18;;;;;;/h1-15H;6*1H2/q+1;;;;;;. The van der Waals surface area contributed by atoms with E-state index in [-0.39, 0.29) is 43.8 Å². The summed E-state index contributed by atoms with van der Waals surface area (Å²) in [6.07, 6.45) is 0. The number of rotatable bonds is 3.